The van der Waals surface area contributed by atoms with Crippen molar-refractivity contribution in [3.8, 4) is 0 Å². The lowest BCUT2D eigenvalue weighted by molar-refractivity contribution is -0.120. The summed E-state index contributed by atoms with van der Waals surface area (Å²) in [6.07, 6.45) is 0. The van der Waals surface area contributed by atoms with Crippen LogP contribution in [-0.2, 0) is 10.5 Å². The summed E-state index contributed by atoms with van der Waals surface area (Å²) in [6, 6.07) is 8.57. The Kier molecular flexibility index (Phi) is 6.74. The molecule has 1 rings (SSSR count). The molecule has 0 radical (unpaired) electrons. The molecular formula is C13H20N2OS. The van der Waals surface area contributed by atoms with E-state index >= 15 is 0 Å². The number of carbonyl (C=O) groups is 1. The molecule has 3 nitrogen and oxygen atoms in total. The highest BCUT2D eigenvalue weighted by molar-refractivity contribution is 7.98. The molecule has 0 atom stereocenters. The number of hydrogen-bond acceptors (Lipinski definition) is 3. The summed E-state index contributed by atoms with van der Waals surface area (Å²) in [5.41, 5.74) is 2.63. The van der Waals surface area contributed by atoms with Crippen molar-refractivity contribution >= 4 is 17.7 Å². The van der Waals surface area contributed by atoms with Crippen molar-refractivity contribution in [1.29, 1.82) is 0 Å². The van der Waals surface area contributed by atoms with Gasteiger partial charge in [-0.2, -0.15) is 11.8 Å². The lowest BCUT2D eigenvalue weighted by Gasteiger charge is -2.05. The number of hydrogen-bond donors (Lipinski definition) is 2. The van der Waals surface area contributed by atoms with Gasteiger partial charge in [-0.15, -0.1) is 0 Å². The quantitative estimate of drug-likeness (QED) is 0.724. The van der Waals surface area contributed by atoms with Crippen LogP contribution >= 0.6 is 11.8 Å². The fourth-order valence-corrected chi connectivity index (χ4v) is 2.18. The monoisotopic (exact) mass is 252 g/mol. The summed E-state index contributed by atoms with van der Waals surface area (Å²) in [5, 5.41) is 5.68. The maximum atomic E-state index is 11.1. The normalized spacial score (nSPS) is 10.2. The van der Waals surface area contributed by atoms with E-state index in [-0.39, 0.29) is 5.91 Å². The SMILES string of the molecule is CNCC(=O)NCCSCc1ccc(C)cc1. The molecule has 0 aliphatic heterocycles. The fourth-order valence-electron chi connectivity index (χ4n) is 1.36. The lowest BCUT2D eigenvalue weighted by atomic mass is 10.2. The lowest BCUT2D eigenvalue weighted by Crippen LogP contribution is -2.33. The van der Waals surface area contributed by atoms with Crippen LogP contribution in [-0.4, -0.2) is 31.8 Å². The first-order valence-corrected chi connectivity index (χ1v) is 6.92. The largest absolute Gasteiger partial charge is 0.354 e. The minimum absolute atomic E-state index is 0.0587. The molecule has 2 N–H and O–H groups in total. The van der Waals surface area contributed by atoms with Crippen molar-refractivity contribution < 1.29 is 4.79 Å². The third-order valence-corrected chi connectivity index (χ3v) is 3.33. The number of rotatable bonds is 7. The zero-order valence-corrected chi connectivity index (χ0v) is 11.3. The molecule has 0 aromatic heterocycles. The molecule has 1 amide bonds. The van der Waals surface area contributed by atoms with E-state index < -0.39 is 0 Å². The number of carbonyl (C=O) groups excluding carboxylic acids is 1. The average Bonchev–Trinajstić information content (AvgIpc) is 2.31. The minimum atomic E-state index is 0.0587. The molecule has 94 valence electrons. The molecule has 0 bridgehead atoms. The number of benzene rings is 1. The first kappa shape index (κ1) is 14.1. The van der Waals surface area contributed by atoms with Gasteiger partial charge in [0, 0.05) is 18.1 Å². The number of likely N-dealkylation sites (N-methyl/N-ethyl adjacent to an activating group) is 1. The van der Waals surface area contributed by atoms with E-state index in [2.05, 4.69) is 41.8 Å². The Hall–Kier alpha value is -1.00. The maximum Gasteiger partial charge on any atom is 0.233 e. The second kappa shape index (κ2) is 8.14. The summed E-state index contributed by atoms with van der Waals surface area (Å²) in [6.45, 7) is 3.22. The van der Waals surface area contributed by atoms with Crippen LogP contribution < -0.4 is 10.6 Å². The van der Waals surface area contributed by atoms with E-state index in [1.54, 1.807) is 7.05 Å². The standard InChI is InChI=1S/C13H20N2OS/c1-11-3-5-12(6-4-11)10-17-8-7-15-13(16)9-14-2/h3-6,14H,7-10H2,1-2H3,(H,15,16). The maximum absolute atomic E-state index is 11.1. The van der Waals surface area contributed by atoms with Crippen LogP contribution in [0.4, 0.5) is 0 Å². The topological polar surface area (TPSA) is 41.1 Å². The Morgan fingerprint density at radius 3 is 2.65 bits per heavy atom. The number of nitrogens with one attached hydrogen (secondary N) is 2. The number of thioether (sulfide) groups is 1. The van der Waals surface area contributed by atoms with Gasteiger partial charge in [0.05, 0.1) is 6.54 Å². The third-order valence-electron chi connectivity index (χ3n) is 2.30. The van der Waals surface area contributed by atoms with Crippen molar-refractivity contribution in [2.45, 2.75) is 12.7 Å². The molecule has 4 heteroatoms. The van der Waals surface area contributed by atoms with Gasteiger partial charge in [-0.3, -0.25) is 4.79 Å². The van der Waals surface area contributed by atoms with Gasteiger partial charge in [0.2, 0.25) is 5.91 Å². The second-order valence-corrected chi connectivity index (χ2v) is 5.02. The van der Waals surface area contributed by atoms with Crippen molar-refractivity contribution in [3.05, 3.63) is 35.4 Å². The Morgan fingerprint density at radius 1 is 1.29 bits per heavy atom. The van der Waals surface area contributed by atoms with E-state index in [9.17, 15) is 4.79 Å². The highest BCUT2D eigenvalue weighted by Gasteiger charge is 1.98. The van der Waals surface area contributed by atoms with E-state index in [0.29, 0.717) is 6.54 Å². The van der Waals surface area contributed by atoms with Crippen molar-refractivity contribution in [2.24, 2.45) is 0 Å². The second-order valence-electron chi connectivity index (χ2n) is 3.92. The Bertz CT molecular complexity index is 338. The molecule has 0 spiro atoms. The Labute approximate surface area is 107 Å². The van der Waals surface area contributed by atoms with Gasteiger partial charge < -0.3 is 10.6 Å². The number of amides is 1. The Balaban J connectivity index is 2.08. The van der Waals surface area contributed by atoms with Gasteiger partial charge >= 0.3 is 0 Å². The molecule has 0 aliphatic carbocycles. The van der Waals surface area contributed by atoms with Crippen LogP contribution in [0, 0.1) is 6.92 Å². The van der Waals surface area contributed by atoms with Crippen molar-refractivity contribution in [3.63, 3.8) is 0 Å². The Morgan fingerprint density at radius 2 is 2.00 bits per heavy atom. The molecule has 0 saturated carbocycles. The first-order valence-electron chi connectivity index (χ1n) is 5.77. The smallest absolute Gasteiger partial charge is 0.233 e. The molecule has 17 heavy (non-hydrogen) atoms. The van der Waals surface area contributed by atoms with Gasteiger partial charge in [-0.25, -0.2) is 0 Å². The van der Waals surface area contributed by atoms with Gasteiger partial charge in [-0.05, 0) is 19.5 Å². The fraction of sp³-hybridized carbons (Fsp3) is 0.462. The van der Waals surface area contributed by atoms with Crippen LogP contribution in [0.1, 0.15) is 11.1 Å². The van der Waals surface area contributed by atoms with Crippen LogP contribution in [0.25, 0.3) is 0 Å². The molecule has 1 aromatic rings. The molecule has 0 aliphatic rings. The van der Waals surface area contributed by atoms with Crippen molar-refractivity contribution in [1.82, 2.24) is 10.6 Å². The highest BCUT2D eigenvalue weighted by Crippen LogP contribution is 2.12. The number of aryl methyl sites for hydroxylation is 1. The molecule has 1 aromatic carbocycles. The zero-order valence-electron chi connectivity index (χ0n) is 10.5. The summed E-state index contributed by atoms with van der Waals surface area (Å²) in [7, 11) is 1.77. The first-order chi connectivity index (χ1) is 8.22. The molecule has 0 fully saturated rings. The van der Waals surface area contributed by atoms with E-state index in [0.717, 1.165) is 18.1 Å². The summed E-state index contributed by atoms with van der Waals surface area (Å²) >= 11 is 1.84. The van der Waals surface area contributed by atoms with Crippen LogP contribution in [0.5, 0.6) is 0 Å². The molecule has 0 heterocycles. The van der Waals surface area contributed by atoms with E-state index in [1.807, 2.05) is 11.8 Å². The summed E-state index contributed by atoms with van der Waals surface area (Å²) in [5.74, 6) is 2.01. The van der Waals surface area contributed by atoms with E-state index in [1.165, 1.54) is 11.1 Å². The van der Waals surface area contributed by atoms with Crippen molar-refractivity contribution in [2.75, 3.05) is 25.9 Å². The van der Waals surface area contributed by atoms with Gasteiger partial charge in [0.15, 0.2) is 0 Å². The third kappa shape index (κ3) is 6.34. The predicted octanol–water partition coefficient (Wildman–Crippen LogP) is 1.56. The van der Waals surface area contributed by atoms with Gasteiger partial charge in [0.1, 0.15) is 0 Å². The average molecular weight is 252 g/mol. The van der Waals surface area contributed by atoms with Crippen LogP contribution in [0.3, 0.4) is 0 Å². The minimum Gasteiger partial charge on any atom is -0.354 e. The molecule has 0 unspecified atom stereocenters. The summed E-state index contributed by atoms with van der Waals surface area (Å²) in [4.78, 5) is 11.1. The van der Waals surface area contributed by atoms with Gasteiger partial charge in [0.25, 0.3) is 0 Å². The zero-order chi connectivity index (χ0) is 12.5. The van der Waals surface area contributed by atoms with Crippen LogP contribution in [0.15, 0.2) is 24.3 Å². The molecular weight excluding hydrogens is 232 g/mol. The predicted molar refractivity (Wildman–Crippen MR) is 74.3 cm³/mol. The van der Waals surface area contributed by atoms with Gasteiger partial charge in [-0.1, -0.05) is 29.8 Å². The van der Waals surface area contributed by atoms with E-state index in [4.69, 9.17) is 0 Å². The van der Waals surface area contributed by atoms with Crippen LogP contribution in [0.2, 0.25) is 0 Å². The molecule has 0 saturated heterocycles. The highest BCUT2D eigenvalue weighted by atomic mass is 32.2. The summed E-state index contributed by atoms with van der Waals surface area (Å²) < 4.78 is 0.